The van der Waals surface area contributed by atoms with Gasteiger partial charge >= 0.3 is 0 Å². The molecule has 4 heteroatoms. The molecule has 0 radical (unpaired) electrons. The molecule has 2 rings (SSSR count). The van der Waals surface area contributed by atoms with Crippen molar-refractivity contribution in [2.45, 2.75) is 19.4 Å². The van der Waals surface area contributed by atoms with Crippen molar-refractivity contribution in [1.29, 1.82) is 0 Å². The minimum absolute atomic E-state index is 0.869. The van der Waals surface area contributed by atoms with Gasteiger partial charge in [0.15, 0.2) is 0 Å². The highest BCUT2D eigenvalue weighted by atomic mass is 35.5. The van der Waals surface area contributed by atoms with Crippen molar-refractivity contribution in [3.63, 3.8) is 0 Å². The van der Waals surface area contributed by atoms with Crippen LogP contribution in [0.25, 0.3) is 0 Å². The van der Waals surface area contributed by atoms with Gasteiger partial charge in [0.2, 0.25) is 0 Å². The molecule has 0 bridgehead atoms. The summed E-state index contributed by atoms with van der Waals surface area (Å²) in [6, 6.07) is 2.09. The zero-order valence-electron chi connectivity index (χ0n) is 9.71. The molecule has 16 heavy (non-hydrogen) atoms. The van der Waals surface area contributed by atoms with E-state index in [2.05, 4.69) is 16.3 Å². The fourth-order valence-corrected chi connectivity index (χ4v) is 3.41. The first-order valence-electron chi connectivity index (χ1n) is 5.88. The Morgan fingerprint density at radius 1 is 1.50 bits per heavy atom. The fourth-order valence-electron chi connectivity index (χ4n) is 2.29. The van der Waals surface area contributed by atoms with Crippen LogP contribution >= 0.6 is 22.9 Å². The van der Waals surface area contributed by atoms with Crippen LogP contribution in [0.3, 0.4) is 0 Å². The van der Waals surface area contributed by atoms with Crippen LogP contribution in [-0.4, -0.2) is 31.6 Å². The first-order chi connectivity index (χ1) is 7.78. The lowest BCUT2D eigenvalue weighted by atomic mass is 9.97. The molecular formula is C12H19ClN2S. The molecule has 0 unspecified atom stereocenters. The summed E-state index contributed by atoms with van der Waals surface area (Å²) >= 11 is 7.69. The Hall–Kier alpha value is -0.0900. The maximum absolute atomic E-state index is 5.93. The quantitative estimate of drug-likeness (QED) is 0.894. The van der Waals surface area contributed by atoms with Gasteiger partial charge in [0, 0.05) is 16.8 Å². The standard InChI is InChI=1S/C12H19ClN2S/c1-14-7-10-2-4-15(5-3-10)8-12-6-11(13)9-16-12/h6,9-10,14H,2-5,7-8H2,1H3. The number of likely N-dealkylation sites (tertiary alicyclic amines) is 1. The van der Waals surface area contributed by atoms with Gasteiger partial charge in [-0.15, -0.1) is 11.3 Å². The molecule has 2 heterocycles. The van der Waals surface area contributed by atoms with E-state index in [4.69, 9.17) is 11.6 Å². The summed E-state index contributed by atoms with van der Waals surface area (Å²) in [4.78, 5) is 3.92. The lowest BCUT2D eigenvalue weighted by Crippen LogP contribution is -2.36. The molecule has 1 aliphatic heterocycles. The molecule has 90 valence electrons. The van der Waals surface area contributed by atoms with Gasteiger partial charge in [-0.1, -0.05) is 11.6 Å². The summed E-state index contributed by atoms with van der Waals surface area (Å²) in [6.07, 6.45) is 2.64. The van der Waals surface area contributed by atoms with Crippen molar-refractivity contribution in [1.82, 2.24) is 10.2 Å². The maximum atomic E-state index is 5.93. The Balaban J connectivity index is 1.77. The lowest BCUT2D eigenvalue weighted by molar-refractivity contribution is 0.178. The lowest BCUT2D eigenvalue weighted by Gasteiger charge is -2.31. The van der Waals surface area contributed by atoms with Gasteiger partial charge in [-0.05, 0) is 51.5 Å². The molecule has 1 aromatic heterocycles. The van der Waals surface area contributed by atoms with Crippen molar-refractivity contribution in [3.8, 4) is 0 Å². The highest BCUT2D eigenvalue weighted by Crippen LogP contribution is 2.23. The van der Waals surface area contributed by atoms with E-state index in [9.17, 15) is 0 Å². The summed E-state index contributed by atoms with van der Waals surface area (Å²) in [6.45, 7) is 4.69. The first kappa shape index (κ1) is 12.4. The Kier molecular flexibility index (Phi) is 4.65. The normalized spacial score (nSPS) is 19.1. The molecular weight excluding hydrogens is 240 g/mol. The maximum Gasteiger partial charge on any atom is 0.0516 e. The third kappa shape index (κ3) is 3.45. The number of thiophene rings is 1. The molecule has 0 atom stereocenters. The Morgan fingerprint density at radius 3 is 2.81 bits per heavy atom. The van der Waals surface area contributed by atoms with E-state index >= 15 is 0 Å². The number of hydrogen-bond acceptors (Lipinski definition) is 3. The number of nitrogens with one attached hydrogen (secondary N) is 1. The molecule has 1 aromatic rings. The van der Waals surface area contributed by atoms with E-state index in [0.29, 0.717) is 0 Å². The van der Waals surface area contributed by atoms with Gasteiger partial charge in [-0.25, -0.2) is 0 Å². The number of hydrogen-bond donors (Lipinski definition) is 1. The minimum Gasteiger partial charge on any atom is -0.319 e. The van der Waals surface area contributed by atoms with Crippen molar-refractivity contribution in [2.75, 3.05) is 26.7 Å². The fraction of sp³-hybridized carbons (Fsp3) is 0.667. The summed E-state index contributed by atoms with van der Waals surface area (Å²) in [5.41, 5.74) is 0. The SMILES string of the molecule is CNCC1CCN(Cc2cc(Cl)cs2)CC1. The largest absolute Gasteiger partial charge is 0.319 e. The van der Waals surface area contributed by atoms with Crippen LogP contribution < -0.4 is 5.32 Å². The Bertz CT molecular complexity index is 319. The van der Waals surface area contributed by atoms with Gasteiger partial charge < -0.3 is 5.32 Å². The van der Waals surface area contributed by atoms with Crippen LogP contribution in [-0.2, 0) is 6.54 Å². The molecule has 1 aliphatic rings. The predicted molar refractivity (Wildman–Crippen MR) is 71.3 cm³/mol. The van der Waals surface area contributed by atoms with Crippen LogP contribution in [0.1, 0.15) is 17.7 Å². The third-order valence-corrected chi connectivity index (χ3v) is 4.47. The van der Waals surface area contributed by atoms with Gasteiger partial charge in [-0.3, -0.25) is 4.90 Å². The molecule has 0 spiro atoms. The van der Waals surface area contributed by atoms with Crippen molar-refractivity contribution >= 4 is 22.9 Å². The highest BCUT2D eigenvalue weighted by Gasteiger charge is 2.18. The summed E-state index contributed by atoms with van der Waals surface area (Å²) in [7, 11) is 2.04. The number of piperidine rings is 1. The van der Waals surface area contributed by atoms with Crippen molar-refractivity contribution < 1.29 is 0 Å². The molecule has 0 aliphatic carbocycles. The van der Waals surface area contributed by atoms with Gasteiger partial charge in [0.1, 0.15) is 0 Å². The number of halogens is 1. The summed E-state index contributed by atoms with van der Waals surface area (Å²) < 4.78 is 0. The van der Waals surface area contributed by atoms with E-state index < -0.39 is 0 Å². The van der Waals surface area contributed by atoms with Crippen molar-refractivity contribution in [3.05, 3.63) is 21.3 Å². The summed E-state index contributed by atoms with van der Waals surface area (Å²) in [5, 5.41) is 6.17. The highest BCUT2D eigenvalue weighted by molar-refractivity contribution is 7.10. The topological polar surface area (TPSA) is 15.3 Å². The van der Waals surface area contributed by atoms with E-state index in [-0.39, 0.29) is 0 Å². The molecule has 1 saturated heterocycles. The average Bonchev–Trinajstić information content (AvgIpc) is 2.67. The second kappa shape index (κ2) is 6.01. The van der Waals surface area contributed by atoms with Gasteiger partial charge in [0.25, 0.3) is 0 Å². The number of rotatable bonds is 4. The van der Waals surface area contributed by atoms with E-state index in [0.717, 1.165) is 17.5 Å². The van der Waals surface area contributed by atoms with Crippen LogP contribution in [0.5, 0.6) is 0 Å². The van der Waals surface area contributed by atoms with Crippen LogP contribution in [0.2, 0.25) is 5.02 Å². The molecule has 2 nitrogen and oxygen atoms in total. The van der Waals surface area contributed by atoms with Crippen LogP contribution in [0.15, 0.2) is 11.4 Å². The van der Waals surface area contributed by atoms with Crippen LogP contribution in [0.4, 0.5) is 0 Å². The monoisotopic (exact) mass is 258 g/mol. The molecule has 1 N–H and O–H groups in total. The predicted octanol–water partition coefficient (Wildman–Crippen LogP) is 2.83. The molecule has 1 fully saturated rings. The zero-order chi connectivity index (χ0) is 11.4. The third-order valence-electron chi connectivity index (χ3n) is 3.20. The molecule has 0 saturated carbocycles. The minimum atomic E-state index is 0.869. The second-order valence-corrected chi connectivity index (χ2v) is 5.94. The average molecular weight is 259 g/mol. The number of nitrogens with zero attached hydrogens (tertiary/aromatic N) is 1. The Labute approximate surface area is 107 Å². The second-order valence-electron chi connectivity index (χ2n) is 4.51. The van der Waals surface area contributed by atoms with Crippen LogP contribution in [0, 0.1) is 5.92 Å². The van der Waals surface area contributed by atoms with E-state index in [1.54, 1.807) is 11.3 Å². The van der Waals surface area contributed by atoms with Gasteiger partial charge in [-0.2, -0.15) is 0 Å². The van der Waals surface area contributed by atoms with E-state index in [1.165, 1.54) is 37.4 Å². The molecule has 0 amide bonds. The Morgan fingerprint density at radius 2 is 2.25 bits per heavy atom. The summed E-state index contributed by atoms with van der Waals surface area (Å²) in [5.74, 6) is 0.869. The smallest absolute Gasteiger partial charge is 0.0516 e. The van der Waals surface area contributed by atoms with Gasteiger partial charge in [0.05, 0.1) is 5.02 Å². The van der Waals surface area contributed by atoms with Crippen molar-refractivity contribution in [2.24, 2.45) is 5.92 Å². The zero-order valence-corrected chi connectivity index (χ0v) is 11.3. The first-order valence-corrected chi connectivity index (χ1v) is 7.13. The molecule has 0 aromatic carbocycles. The van der Waals surface area contributed by atoms with E-state index in [1.807, 2.05) is 12.4 Å².